The number of nitrogens with one attached hydrogen (secondary N) is 2. The SMILES string of the molecule is COc1ccc(CCNC(=O)C(=O)Nc2ccc(C)cc2N)cc1OC. The van der Waals surface area contributed by atoms with Crippen molar-refractivity contribution in [3.8, 4) is 11.5 Å². The normalized spacial score (nSPS) is 10.1. The second-order valence-electron chi connectivity index (χ2n) is 5.74. The number of carbonyl (C=O) groups excluding carboxylic acids is 2. The zero-order chi connectivity index (χ0) is 19.1. The van der Waals surface area contributed by atoms with Crippen LogP contribution in [0.25, 0.3) is 0 Å². The lowest BCUT2D eigenvalue weighted by Gasteiger charge is -2.11. The standard InChI is InChI=1S/C19H23N3O4/c1-12-4-6-15(14(20)10-12)22-19(24)18(23)21-9-8-13-5-7-16(25-2)17(11-13)26-3/h4-7,10-11H,8-9,20H2,1-3H3,(H,21,23)(H,22,24). The molecule has 2 amide bonds. The van der Waals surface area contributed by atoms with Gasteiger partial charge in [0.05, 0.1) is 25.6 Å². The number of benzene rings is 2. The molecule has 2 aromatic carbocycles. The minimum Gasteiger partial charge on any atom is -0.493 e. The van der Waals surface area contributed by atoms with Gasteiger partial charge in [0.2, 0.25) is 0 Å². The van der Waals surface area contributed by atoms with Gasteiger partial charge in [0.15, 0.2) is 11.5 Å². The lowest BCUT2D eigenvalue weighted by molar-refractivity contribution is -0.136. The molecule has 0 saturated carbocycles. The van der Waals surface area contributed by atoms with Crippen molar-refractivity contribution in [2.45, 2.75) is 13.3 Å². The zero-order valence-electron chi connectivity index (χ0n) is 15.1. The Bertz CT molecular complexity index is 805. The average molecular weight is 357 g/mol. The van der Waals surface area contributed by atoms with E-state index in [9.17, 15) is 9.59 Å². The molecule has 0 aromatic heterocycles. The van der Waals surface area contributed by atoms with Gasteiger partial charge in [0, 0.05) is 6.54 Å². The van der Waals surface area contributed by atoms with E-state index in [0.29, 0.717) is 35.8 Å². The van der Waals surface area contributed by atoms with Crippen LogP contribution in [0.3, 0.4) is 0 Å². The smallest absolute Gasteiger partial charge is 0.313 e. The number of amides is 2. The Morgan fingerprint density at radius 1 is 1.00 bits per heavy atom. The van der Waals surface area contributed by atoms with E-state index in [0.717, 1.165) is 11.1 Å². The van der Waals surface area contributed by atoms with Gasteiger partial charge in [-0.05, 0) is 48.7 Å². The van der Waals surface area contributed by atoms with Crippen LogP contribution in [0.5, 0.6) is 11.5 Å². The molecule has 2 aromatic rings. The number of anilines is 2. The molecule has 7 heteroatoms. The first-order chi connectivity index (χ1) is 12.4. The number of methoxy groups -OCH3 is 2. The second-order valence-corrected chi connectivity index (χ2v) is 5.74. The van der Waals surface area contributed by atoms with E-state index >= 15 is 0 Å². The highest BCUT2D eigenvalue weighted by Gasteiger charge is 2.14. The summed E-state index contributed by atoms with van der Waals surface area (Å²) in [6.45, 7) is 2.20. The zero-order valence-corrected chi connectivity index (χ0v) is 15.1. The van der Waals surface area contributed by atoms with E-state index in [1.54, 1.807) is 38.5 Å². The van der Waals surface area contributed by atoms with E-state index in [-0.39, 0.29) is 0 Å². The molecule has 0 unspecified atom stereocenters. The van der Waals surface area contributed by atoms with E-state index < -0.39 is 11.8 Å². The van der Waals surface area contributed by atoms with Gasteiger partial charge in [-0.25, -0.2) is 0 Å². The summed E-state index contributed by atoms with van der Waals surface area (Å²) >= 11 is 0. The van der Waals surface area contributed by atoms with Gasteiger partial charge in [-0.2, -0.15) is 0 Å². The van der Waals surface area contributed by atoms with Gasteiger partial charge in [0.1, 0.15) is 0 Å². The second kappa shape index (κ2) is 8.75. The van der Waals surface area contributed by atoms with E-state index in [1.165, 1.54) is 0 Å². The van der Waals surface area contributed by atoms with Crippen molar-refractivity contribution in [2.24, 2.45) is 0 Å². The number of aryl methyl sites for hydroxylation is 1. The lowest BCUT2D eigenvalue weighted by Crippen LogP contribution is -2.36. The van der Waals surface area contributed by atoms with Gasteiger partial charge in [-0.15, -0.1) is 0 Å². The van der Waals surface area contributed by atoms with Crippen LogP contribution in [0.1, 0.15) is 11.1 Å². The van der Waals surface area contributed by atoms with Crippen molar-refractivity contribution >= 4 is 23.2 Å². The molecule has 0 bridgehead atoms. The summed E-state index contributed by atoms with van der Waals surface area (Å²) in [6, 6.07) is 10.7. The van der Waals surface area contributed by atoms with E-state index in [1.807, 2.05) is 19.1 Å². The molecule has 0 saturated heterocycles. The third-order valence-electron chi connectivity index (χ3n) is 3.81. The molecule has 0 heterocycles. The average Bonchev–Trinajstić information content (AvgIpc) is 2.63. The molecule has 26 heavy (non-hydrogen) atoms. The van der Waals surface area contributed by atoms with Crippen molar-refractivity contribution in [2.75, 3.05) is 31.8 Å². The molecule has 7 nitrogen and oxygen atoms in total. The van der Waals surface area contributed by atoms with E-state index in [2.05, 4.69) is 10.6 Å². The summed E-state index contributed by atoms with van der Waals surface area (Å²) in [5.41, 5.74) is 8.58. The van der Waals surface area contributed by atoms with Crippen LogP contribution >= 0.6 is 0 Å². The van der Waals surface area contributed by atoms with Crippen LogP contribution in [0.2, 0.25) is 0 Å². The Balaban J connectivity index is 1.87. The number of hydrogen-bond acceptors (Lipinski definition) is 5. The number of nitrogens with two attached hydrogens (primary N) is 1. The molecule has 138 valence electrons. The van der Waals surface area contributed by atoms with Crippen LogP contribution in [0.15, 0.2) is 36.4 Å². The van der Waals surface area contributed by atoms with Crippen molar-refractivity contribution in [1.82, 2.24) is 5.32 Å². The minimum absolute atomic E-state index is 0.311. The van der Waals surface area contributed by atoms with Crippen LogP contribution in [-0.2, 0) is 16.0 Å². The molecule has 0 aliphatic carbocycles. The molecular weight excluding hydrogens is 334 g/mol. The summed E-state index contributed by atoms with van der Waals surface area (Å²) in [4.78, 5) is 23.9. The summed E-state index contributed by atoms with van der Waals surface area (Å²) in [7, 11) is 3.13. The number of hydrogen-bond donors (Lipinski definition) is 3. The minimum atomic E-state index is -0.757. The first kappa shape index (κ1) is 19.1. The molecule has 0 aliphatic heterocycles. The van der Waals surface area contributed by atoms with Crippen LogP contribution in [0, 0.1) is 6.92 Å². The molecule has 0 aliphatic rings. The Hall–Kier alpha value is -3.22. The summed E-state index contributed by atoms with van der Waals surface area (Å²) < 4.78 is 10.4. The molecule has 0 radical (unpaired) electrons. The first-order valence-electron chi connectivity index (χ1n) is 8.10. The highest BCUT2D eigenvalue weighted by molar-refractivity contribution is 6.39. The van der Waals surface area contributed by atoms with Gasteiger partial charge in [0.25, 0.3) is 0 Å². The third-order valence-corrected chi connectivity index (χ3v) is 3.81. The predicted octanol–water partition coefficient (Wildman–Crippen LogP) is 1.89. The molecule has 4 N–H and O–H groups in total. The monoisotopic (exact) mass is 357 g/mol. The number of rotatable bonds is 6. The Kier molecular flexibility index (Phi) is 6.43. The Morgan fingerprint density at radius 3 is 2.38 bits per heavy atom. The third kappa shape index (κ3) is 4.89. The van der Waals surface area contributed by atoms with Crippen LogP contribution < -0.4 is 25.8 Å². The van der Waals surface area contributed by atoms with E-state index in [4.69, 9.17) is 15.2 Å². The fourth-order valence-corrected chi connectivity index (χ4v) is 2.41. The van der Waals surface area contributed by atoms with Gasteiger partial charge >= 0.3 is 11.8 Å². The topological polar surface area (TPSA) is 103 Å². The lowest BCUT2D eigenvalue weighted by atomic mass is 10.1. The number of ether oxygens (including phenoxy) is 2. The highest BCUT2D eigenvalue weighted by atomic mass is 16.5. The number of carbonyl (C=O) groups is 2. The Labute approximate surface area is 152 Å². The van der Waals surface area contributed by atoms with Gasteiger partial charge in [-0.3, -0.25) is 9.59 Å². The van der Waals surface area contributed by atoms with Crippen molar-refractivity contribution in [1.29, 1.82) is 0 Å². The molecular formula is C19H23N3O4. The van der Waals surface area contributed by atoms with Crippen LogP contribution in [0.4, 0.5) is 11.4 Å². The molecule has 0 spiro atoms. The number of nitrogen functional groups attached to an aromatic ring is 1. The van der Waals surface area contributed by atoms with Crippen molar-refractivity contribution in [3.63, 3.8) is 0 Å². The fourth-order valence-electron chi connectivity index (χ4n) is 2.41. The van der Waals surface area contributed by atoms with Gasteiger partial charge < -0.3 is 25.8 Å². The highest BCUT2D eigenvalue weighted by Crippen LogP contribution is 2.27. The van der Waals surface area contributed by atoms with Crippen molar-refractivity contribution in [3.05, 3.63) is 47.5 Å². The fraction of sp³-hybridized carbons (Fsp3) is 0.263. The maximum atomic E-state index is 12.0. The maximum Gasteiger partial charge on any atom is 0.313 e. The Morgan fingerprint density at radius 2 is 1.73 bits per heavy atom. The summed E-state index contributed by atoms with van der Waals surface area (Å²) in [5.74, 6) is -0.224. The van der Waals surface area contributed by atoms with Crippen LogP contribution in [-0.4, -0.2) is 32.6 Å². The molecule has 2 rings (SSSR count). The quantitative estimate of drug-likeness (QED) is 0.541. The van der Waals surface area contributed by atoms with Gasteiger partial charge in [-0.1, -0.05) is 12.1 Å². The molecule has 0 atom stereocenters. The molecule has 0 fully saturated rings. The largest absolute Gasteiger partial charge is 0.493 e. The maximum absolute atomic E-state index is 12.0. The predicted molar refractivity (Wildman–Crippen MR) is 100 cm³/mol. The first-order valence-corrected chi connectivity index (χ1v) is 8.10. The summed E-state index contributed by atoms with van der Waals surface area (Å²) in [5, 5.41) is 5.09. The van der Waals surface area contributed by atoms with Crippen molar-refractivity contribution < 1.29 is 19.1 Å². The summed E-state index contributed by atoms with van der Waals surface area (Å²) in [6.07, 6.45) is 0.548.